The molecular formula is C12H18N4. The molecule has 0 bridgehead atoms. The maximum Gasteiger partial charge on any atom is 0.181 e. The maximum absolute atomic E-state index is 4.48. The third-order valence-electron chi connectivity index (χ3n) is 2.56. The van der Waals surface area contributed by atoms with Crippen molar-refractivity contribution in [2.45, 2.75) is 46.0 Å². The maximum atomic E-state index is 4.48. The normalized spacial score (nSPS) is 12.6. The quantitative estimate of drug-likeness (QED) is 0.800. The average Bonchev–Trinajstić information content (AvgIpc) is 2.58. The van der Waals surface area contributed by atoms with Crippen LogP contribution in [0.4, 0.5) is 0 Å². The molecule has 0 radical (unpaired) electrons. The summed E-state index contributed by atoms with van der Waals surface area (Å²) >= 11 is 0. The first-order chi connectivity index (χ1) is 7.39. The van der Waals surface area contributed by atoms with E-state index >= 15 is 0 Å². The standard InChI is InChI=1S/C12H18N4/c1-7(2)10-15-8-9(12(3,4)5)13-6-14-11(8)16-10/h6-7H,1-5H3,(H,13,14,15,16). The van der Waals surface area contributed by atoms with E-state index in [0.29, 0.717) is 5.92 Å². The van der Waals surface area contributed by atoms with E-state index in [9.17, 15) is 0 Å². The molecule has 0 saturated heterocycles. The number of hydrogen-bond acceptors (Lipinski definition) is 3. The van der Waals surface area contributed by atoms with Crippen LogP contribution < -0.4 is 0 Å². The van der Waals surface area contributed by atoms with Crippen LogP contribution in [0.1, 0.15) is 52.1 Å². The van der Waals surface area contributed by atoms with Crippen LogP contribution in [0.5, 0.6) is 0 Å². The minimum Gasteiger partial charge on any atom is -0.339 e. The van der Waals surface area contributed by atoms with Gasteiger partial charge in [-0.05, 0) is 0 Å². The number of imidazole rings is 1. The van der Waals surface area contributed by atoms with Crippen molar-refractivity contribution in [2.75, 3.05) is 0 Å². The fourth-order valence-electron chi connectivity index (χ4n) is 1.69. The van der Waals surface area contributed by atoms with Crippen LogP contribution in [0, 0.1) is 0 Å². The average molecular weight is 218 g/mol. The van der Waals surface area contributed by atoms with Crippen LogP contribution >= 0.6 is 0 Å². The molecule has 16 heavy (non-hydrogen) atoms. The molecule has 1 N–H and O–H groups in total. The highest BCUT2D eigenvalue weighted by molar-refractivity contribution is 5.74. The van der Waals surface area contributed by atoms with Crippen molar-refractivity contribution >= 4 is 11.2 Å². The van der Waals surface area contributed by atoms with Crippen LogP contribution in [-0.2, 0) is 5.41 Å². The molecule has 2 rings (SSSR count). The molecule has 0 aliphatic rings. The molecule has 0 aromatic carbocycles. The van der Waals surface area contributed by atoms with E-state index in [4.69, 9.17) is 0 Å². The Balaban J connectivity index is 2.68. The molecule has 0 spiro atoms. The molecule has 0 aliphatic carbocycles. The summed E-state index contributed by atoms with van der Waals surface area (Å²) in [4.78, 5) is 16.4. The largest absolute Gasteiger partial charge is 0.339 e. The lowest BCUT2D eigenvalue weighted by Crippen LogP contribution is -2.14. The van der Waals surface area contributed by atoms with Crippen LogP contribution in [0.25, 0.3) is 11.2 Å². The van der Waals surface area contributed by atoms with E-state index < -0.39 is 0 Å². The molecule has 4 heteroatoms. The van der Waals surface area contributed by atoms with Gasteiger partial charge in [0.1, 0.15) is 17.7 Å². The number of aromatic amines is 1. The number of rotatable bonds is 1. The first-order valence-electron chi connectivity index (χ1n) is 5.60. The van der Waals surface area contributed by atoms with Gasteiger partial charge < -0.3 is 4.98 Å². The van der Waals surface area contributed by atoms with E-state index in [1.54, 1.807) is 6.33 Å². The Morgan fingerprint density at radius 2 is 1.88 bits per heavy atom. The Kier molecular flexibility index (Phi) is 2.45. The van der Waals surface area contributed by atoms with Crippen molar-refractivity contribution in [2.24, 2.45) is 0 Å². The van der Waals surface area contributed by atoms with Crippen molar-refractivity contribution in [3.05, 3.63) is 17.8 Å². The van der Waals surface area contributed by atoms with Gasteiger partial charge in [0.05, 0.1) is 5.69 Å². The molecule has 0 atom stereocenters. The van der Waals surface area contributed by atoms with Crippen molar-refractivity contribution < 1.29 is 0 Å². The van der Waals surface area contributed by atoms with Gasteiger partial charge in [-0.2, -0.15) is 0 Å². The molecule has 0 fully saturated rings. The fourth-order valence-corrected chi connectivity index (χ4v) is 1.69. The highest BCUT2D eigenvalue weighted by atomic mass is 15.0. The highest BCUT2D eigenvalue weighted by Gasteiger charge is 2.21. The van der Waals surface area contributed by atoms with Crippen molar-refractivity contribution in [3.8, 4) is 0 Å². The summed E-state index contributed by atoms with van der Waals surface area (Å²) in [5.41, 5.74) is 2.77. The first-order valence-corrected chi connectivity index (χ1v) is 5.60. The molecule has 0 saturated carbocycles. The van der Waals surface area contributed by atoms with Gasteiger partial charge >= 0.3 is 0 Å². The fraction of sp³-hybridized carbons (Fsp3) is 0.583. The lowest BCUT2D eigenvalue weighted by atomic mass is 9.91. The zero-order valence-electron chi connectivity index (χ0n) is 10.5. The van der Waals surface area contributed by atoms with Gasteiger partial charge in [0.25, 0.3) is 0 Å². The van der Waals surface area contributed by atoms with Crippen molar-refractivity contribution in [1.29, 1.82) is 0 Å². The van der Waals surface area contributed by atoms with Gasteiger partial charge in [0.15, 0.2) is 5.65 Å². The predicted octanol–water partition coefficient (Wildman–Crippen LogP) is 2.77. The van der Waals surface area contributed by atoms with Crippen molar-refractivity contribution in [3.63, 3.8) is 0 Å². The lowest BCUT2D eigenvalue weighted by molar-refractivity contribution is 0.572. The first kappa shape index (κ1) is 11.0. The van der Waals surface area contributed by atoms with Crippen molar-refractivity contribution in [1.82, 2.24) is 19.9 Å². The summed E-state index contributed by atoms with van der Waals surface area (Å²) in [5, 5.41) is 0. The van der Waals surface area contributed by atoms with Crippen LogP contribution in [0.2, 0.25) is 0 Å². The van der Waals surface area contributed by atoms with E-state index in [2.05, 4.69) is 54.6 Å². The molecule has 86 valence electrons. The summed E-state index contributed by atoms with van der Waals surface area (Å²) in [6, 6.07) is 0. The lowest BCUT2D eigenvalue weighted by Gasteiger charge is -2.17. The number of hydrogen-bond donors (Lipinski definition) is 1. The second kappa shape index (κ2) is 3.54. The zero-order chi connectivity index (χ0) is 11.9. The predicted molar refractivity (Wildman–Crippen MR) is 64.5 cm³/mol. The molecular weight excluding hydrogens is 200 g/mol. The Morgan fingerprint density at radius 3 is 2.44 bits per heavy atom. The van der Waals surface area contributed by atoms with E-state index in [0.717, 1.165) is 22.7 Å². The number of aromatic nitrogens is 4. The monoisotopic (exact) mass is 218 g/mol. The minimum atomic E-state index is 0.00196. The van der Waals surface area contributed by atoms with Gasteiger partial charge in [-0.25, -0.2) is 15.0 Å². The Hall–Kier alpha value is -1.45. The van der Waals surface area contributed by atoms with E-state index in [1.165, 1.54) is 0 Å². The number of fused-ring (bicyclic) bond motifs is 1. The summed E-state index contributed by atoms with van der Waals surface area (Å²) in [6.45, 7) is 10.7. The SMILES string of the molecule is CC(C)c1nc2ncnc(C(C)(C)C)c2[nH]1. The van der Waals surface area contributed by atoms with E-state index in [1.807, 2.05) is 0 Å². The highest BCUT2D eigenvalue weighted by Crippen LogP contribution is 2.26. The van der Waals surface area contributed by atoms with Gasteiger partial charge in [-0.3, -0.25) is 0 Å². The topological polar surface area (TPSA) is 54.5 Å². The van der Waals surface area contributed by atoms with Gasteiger partial charge in [-0.1, -0.05) is 34.6 Å². The molecule has 0 aliphatic heterocycles. The number of H-pyrrole nitrogens is 1. The summed E-state index contributed by atoms with van der Waals surface area (Å²) in [5.74, 6) is 1.35. The Labute approximate surface area is 95.5 Å². The second-order valence-corrected chi connectivity index (χ2v) is 5.45. The Morgan fingerprint density at radius 1 is 1.19 bits per heavy atom. The molecule has 2 heterocycles. The van der Waals surface area contributed by atoms with Gasteiger partial charge in [0, 0.05) is 11.3 Å². The van der Waals surface area contributed by atoms with E-state index in [-0.39, 0.29) is 5.41 Å². The molecule has 2 aromatic rings. The summed E-state index contributed by atoms with van der Waals surface area (Å²) in [6.07, 6.45) is 1.59. The smallest absolute Gasteiger partial charge is 0.181 e. The second-order valence-electron chi connectivity index (χ2n) is 5.45. The molecule has 2 aromatic heterocycles. The summed E-state index contributed by atoms with van der Waals surface area (Å²) < 4.78 is 0. The van der Waals surface area contributed by atoms with Crippen LogP contribution in [0.15, 0.2) is 6.33 Å². The summed E-state index contributed by atoms with van der Waals surface area (Å²) in [7, 11) is 0. The van der Waals surface area contributed by atoms with Gasteiger partial charge in [0.2, 0.25) is 0 Å². The molecule has 0 amide bonds. The number of nitrogens with one attached hydrogen (secondary N) is 1. The van der Waals surface area contributed by atoms with Crippen LogP contribution in [-0.4, -0.2) is 19.9 Å². The number of nitrogens with zero attached hydrogens (tertiary/aromatic N) is 3. The van der Waals surface area contributed by atoms with Gasteiger partial charge in [-0.15, -0.1) is 0 Å². The zero-order valence-corrected chi connectivity index (χ0v) is 10.5. The minimum absolute atomic E-state index is 0.00196. The Bertz CT molecular complexity index is 505. The molecule has 0 unspecified atom stereocenters. The third-order valence-corrected chi connectivity index (χ3v) is 2.56. The third kappa shape index (κ3) is 1.79. The molecule has 4 nitrogen and oxygen atoms in total. The van der Waals surface area contributed by atoms with Crippen LogP contribution in [0.3, 0.4) is 0 Å².